The van der Waals surface area contributed by atoms with Crippen molar-refractivity contribution in [3.8, 4) is 0 Å². The molecule has 5 heteroatoms. The molecule has 0 spiro atoms. The molecule has 54 valence electrons. The summed E-state index contributed by atoms with van der Waals surface area (Å²) in [5, 5.41) is 9.53. The SMILES string of the molecule is NC(=S)NCc1cn[nH]c1. The fourth-order valence-corrected chi connectivity index (χ4v) is 0.636. The maximum atomic E-state index is 5.20. The highest BCUT2D eigenvalue weighted by atomic mass is 32.1. The Balaban J connectivity index is 2.35. The summed E-state index contributed by atoms with van der Waals surface area (Å²) in [6.07, 6.45) is 3.50. The van der Waals surface area contributed by atoms with Crippen molar-refractivity contribution in [2.24, 2.45) is 5.73 Å². The van der Waals surface area contributed by atoms with Crippen molar-refractivity contribution in [2.75, 3.05) is 0 Å². The Bertz CT molecular complexity index is 205. The van der Waals surface area contributed by atoms with Gasteiger partial charge in [-0.3, -0.25) is 5.10 Å². The van der Waals surface area contributed by atoms with Gasteiger partial charge in [0.05, 0.1) is 6.20 Å². The van der Waals surface area contributed by atoms with Crippen molar-refractivity contribution in [3.05, 3.63) is 18.0 Å². The average Bonchev–Trinajstić information content (AvgIpc) is 2.34. The molecular weight excluding hydrogens is 148 g/mol. The highest BCUT2D eigenvalue weighted by Crippen LogP contribution is 1.90. The predicted octanol–water partition coefficient (Wildman–Crippen LogP) is -0.257. The van der Waals surface area contributed by atoms with Crippen LogP contribution < -0.4 is 11.1 Å². The van der Waals surface area contributed by atoms with Gasteiger partial charge in [0.15, 0.2) is 5.11 Å². The molecular formula is C5H8N4S. The molecule has 0 saturated carbocycles. The van der Waals surface area contributed by atoms with Crippen LogP contribution in [0.4, 0.5) is 0 Å². The molecule has 0 bridgehead atoms. The number of aromatic nitrogens is 2. The fraction of sp³-hybridized carbons (Fsp3) is 0.200. The van der Waals surface area contributed by atoms with Crippen molar-refractivity contribution in [2.45, 2.75) is 6.54 Å². The van der Waals surface area contributed by atoms with Crippen molar-refractivity contribution >= 4 is 17.3 Å². The van der Waals surface area contributed by atoms with E-state index in [0.717, 1.165) is 5.56 Å². The number of hydrogen-bond donors (Lipinski definition) is 3. The zero-order valence-electron chi connectivity index (χ0n) is 5.29. The molecule has 0 atom stereocenters. The second-order valence-corrected chi connectivity index (χ2v) is 2.26. The van der Waals surface area contributed by atoms with E-state index in [1.807, 2.05) is 0 Å². The molecule has 0 radical (unpaired) electrons. The third-order valence-electron chi connectivity index (χ3n) is 1.02. The van der Waals surface area contributed by atoms with Gasteiger partial charge in [0.2, 0.25) is 0 Å². The number of nitrogens with two attached hydrogens (primary N) is 1. The standard InChI is InChI=1S/C5H8N4S/c6-5(10)7-1-4-2-8-9-3-4/h2-3H,1H2,(H,8,9)(H3,6,7,10). The number of aromatic amines is 1. The van der Waals surface area contributed by atoms with E-state index in [1.165, 1.54) is 0 Å². The van der Waals surface area contributed by atoms with Gasteiger partial charge in [0, 0.05) is 18.3 Å². The monoisotopic (exact) mass is 156 g/mol. The minimum atomic E-state index is 0.307. The first-order valence-corrected chi connectivity index (χ1v) is 3.21. The lowest BCUT2D eigenvalue weighted by atomic mass is 10.4. The summed E-state index contributed by atoms with van der Waals surface area (Å²) in [6.45, 7) is 0.631. The molecule has 0 saturated heterocycles. The second-order valence-electron chi connectivity index (χ2n) is 1.82. The van der Waals surface area contributed by atoms with Gasteiger partial charge in [-0.15, -0.1) is 0 Å². The van der Waals surface area contributed by atoms with Gasteiger partial charge < -0.3 is 11.1 Å². The summed E-state index contributed by atoms with van der Waals surface area (Å²) in [6, 6.07) is 0. The summed E-state index contributed by atoms with van der Waals surface area (Å²) >= 11 is 4.60. The summed E-state index contributed by atoms with van der Waals surface area (Å²) in [7, 11) is 0. The molecule has 4 nitrogen and oxygen atoms in total. The number of thiocarbonyl (C=S) groups is 1. The van der Waals surface area contributed by atoms with Crippen molar-refractivity contribution in [3.63, 3.8) is 0 Å². The van der Waals surface area contributed by atoms with Crippen LogP contribution in [0.2, 0.25) is 0 Å². The van der Waals surface area contributed by atoms with E-state index in [-0.39, 0.29) is 0 Å². The van der Waals surface area contributed by atoms with Crippen molar-refractivity contribution < 1.29 is 0 Å². The largest absolute Gasteiger partial charge is 0.376 e. The highest BCUT2D eigenvalue weighted by Gasteiger charge is 1.91. The maximum Gasteiger partial charge on any atom is 0.163 e. The summed E-state index contributed by atoms with van der Waals surface area (Å²) in [4.78, 5) is 0. The van der Waals surface area contributed by atoms with E-state index < -0.39 is 0 Å². The molecule has 0 aromatic carbocycles. The van der Waals surface area contributed by atoms with E-state index in [1.54, 1.807) is 12.4 Å². The maximum absolute atomic E-state index is 5.20. The highest BCUT2D eigenvalue weighted by molar-refractivity contribution is 7.80. The predicted molar refractivity (Wildman–Crippen MR) is 42.2 cm³/mol. The van der Waals surface area contributed by atoms with E-state index >= 15 is 0 Å². The minimum absolute atomic E-state index is 0.307. The van der Waals surface area contributed by atoms with Gasteiger partial charge in [0.1, 0.15) is 0 Å². The third kappa shape index (κ3) is 2.02. The first-order chi connectivity index (χ1) is 4.79. The number of nitrogens with one attached hydrogen (secondary N) is 2. The van der Waals surface area contributed by atoms with Crippen LogP contribution in [0.1, 0.15) is 5.56 Å². The molecule has 4 N–H and O–H groups in total. The molecule has 0 fully saturated rings. The summed E-state index contributed by atoms with van der Waals surface area (Å²) < 4.78 is 0. The molecule has 1 aromatic rings. The summed E-state index contributed by atoms with van der Waals surface area (Å²) in [5.74, 6) is 0. The van der Waals surface area contributed by atoms with E-state index in [9.17, 15) is 0 Å². The minimum Gasteiger partial charge on any atom is -0.376 e. The van der Waals surface area contributed by atoms with Crippen LogP contribution in [-0.2, 0) is 6.54 Å². The lowest BCUT2D eigenvalue weighted by Crippen LogP contribution is -2.28. The molecule has 1 heterocycles. The van der Waals surface area contributed by atoms with E-state index in [2.05, 4.69) is 27.7 Å². The Morgan fingerprint density at radius 3 is 3.20 bits per heavy atom. The molecule has 1 aromatic heterocycles. The third-order valence-corrected chi connectivity index (χ3v) is 1.17. The number of hydrogen-bond acceptors (Lipinski definition) is 2. The van der Waals surface area contributed by atoms with Crippen LogP contribution in [-0.4, -0.2) is 15.3 Å². The van der Waals surface area contributed by atoms with Gasteiger partial charge in [-0.2, -0.15) is 5.10 Å². The lowest BCUT2D eigenvalue weighted by molar-refractivity contribution is 0.921. The van der Waals surface area contributed by atoms with Crippen LogP contribution in [0.5, 0.6) is 0 Å². The van der Waals surface area contributed by atoms with Crippen LogP contribution in [0.15, 0.2) is 12.4 Å². The van der Waals surface area contributed by atoms with Gasteiger partial charge in [-0.25, -0.2) is 0 Å². The first kappa shape index (κ1) is 7.01. The van der Waals surface area contributed by atoms with Gasteiger partial charge in [-0.1, -0.05) is 0 Å². The van der Waals surface area contributed by atoms with Crippen LogP contribution in [0, 0.1) is 0 Å². The van der Waals surface area contributed by atoms with Crippen LogP contribution in [0.3, 0.4) is 0 Å². The molecule has 0 amide bonds. The van der Waals surface area contributed by atoms with Crippen molar-refractivity contribution in [1.82, 2.24) is 15.5 Å². The molecule has 0 aliphatic heterocycles. The normalized spacial score (nSPS) is 9.20. The topological polar surface area (TPSA) is 66.7 Å². The molecule has 0 unspecified atom stereocenters. The Morgan fingerprint density at radius 1 is 1.90 bits per heavy atom. The van der Waals surface area contributed by atoms with Gasteiger partial charge in [-0.05, 0) is 12.2 Å². The zero-order chi connectivity index (χ0) is 7.40. The van der Waals surface area contributed by atoms with Gasteiger partial charge >= 0.3 is 0 Å². The zero-order valence-corrected chi connectivity index (χ0v) is 6.11. The van der Waals surface area contributed by atoms with Crippen molar-refractivity contribution in [1.29, 1.82) is 0 Å². The van der Waals surface area contributed by atoms with E-state index in [0.29, 0.717) is 11.7 Å². The van der Waals surface area contributed by atoms with Crippen LogP contribution in [0.25, 0.3) is 0 Å². The molecule has 0 aliphatic carbocycles. The second kappa shape index (κ2) is 3.17. The Morgan fingerprint density at radius 2 is 2.70 bits per heavy atom. The molecule has 1 rings (SSSR count). The lowest BCUT2D eigenvalue weighted by Gasteiger charge is -1.98. The molecule has 0 aliphatic rings. The van der Waals surface area contributed by atoms with Crippen LogP contribution >= 0.6 is 12.2 Å². The summed E-state index contributed by atoms with van der Waals surface area (Å²) in [5.41, 5.74) is 6.23. The number of rotatable bonds is 2. The Kier molecular flexibility index (Phi) is 2.22. The number of H-pyrrole nitrogens is 1. The average molecular weight is 156 g/mol. The Hall–Kier alpha value is -1.10. The molecule has 10 heavy (non-hydrogen) atoms. The van der Waals surface area contributed by atoms with Gasteiger partial charge in [0.25, 0.3) is 0 Å². The Labute approximate surface area is 63.8 Å². The first-order valence-electron chi connectivity index (χ1n) is 2.80. The fourth-order valence-electron chi connectivity index (χ4n) is 0.563. The smallest absolute Gasteiger partial charge is 0.163 e. The number of nitrogens with zero attached hydrogens (tertiary/aromatic N) is 1. The van der Waals surface area contributed by atoms with E-state index in [4.69, 9.17) is 5.73 Å². The quantitative estimate of drug-likeness (QED) is 0.516.